The van der Waals surface area contributed by atoms with Gasteiger partial charge in [0.15, 0.2) is 0 Å². The van der Waals surface area contributed by atoms with Gasteiger partial charge in [0, 0.05) is 10.7 Å². The van der Waals surface area contributed by atoms with E-state index < -0.39 is 0 Å². The zero-order valence-corrected chi connectivity index (χ0v) is 10.7. The Morgan fingerprint density at radius 3 is 2.53 bits per heavy atom. The highest BCUT2D eigenvalue weighted by Crippen LogP contribution is 2.25. The van der Waals surface area contributed by atoms with Crippen molar-refractivity contribution in [3.8, 4) is 5.69 Å². The lowest BCUT2D eigenvalue weighted by atomic mass is 9.96. The molecule has 1 heterocycles. The number of aromatic nitrogens is 2. The van der Waals surface area contributed by atoms with Gasteiger partial charge < -0.3 is 0 Å². The van der Waals surface area contributed by atoms with Crippen molar-refractivity contribution in [2.24, 2.45) is 0 Å². The van der Waals surface area contributed by atoms with Crippen LogP contribution >= 0.6 is 11.6 Å². The topological polar surface area (TPSA) is 17.8 Å². The molecule has 0 N–H and O–H groups in total. The van der Waals surface area contributed by atoms with Crippen molar-refractivity contribution in [2.75, 3.05) is 0 Å². The fraction of sp³-hybridized carbons (Fsp3) is 0.357. The Bertz CT molecular complexity index is 540. The summed E-state index contributed by atoms with van der Waals surface area (Å²) in [5.74, 6) is 0. The predicted molar refractivity (Wildman–Crippen MR) is 70.0 cm³/mol. The number of fused-ring (bicyclic) bond motifs is 1. The molecule has 0 fully saturated rings. The van der Waals surface area contributed by atoms with E-state index >= 15 is 0 Å². The minimum Gasteiger partial charge on any atom is -0.238 e. The lowest BCUT2D eigenvalue weighted by Gasteiger charge is -2.09. The molecule has 0 aliphatic heterocycles. The molecular weight excluding hydrogens is 232 g/mol. The van der Waals surface area contributed by atoms with E-state index in [2.05, 4.69) is 6.92 Å². The van der Waals surface area contributed by atoms with Gasteiger partial charge in [-0.1, -0.05) is 11.6 Å². The van der Waals surface area contributed by atoms with E-state index in [1.807, 2.05) is 28.9 Å². The first-order valence-electron chi connectivity index (χ1n) is 6.09. The average Bonchev–Trinajstić information content (AvgIpc) is 2.69. The van der Waals surface area contributed by atoms with Gasteiger partial charge in [-0.15, -0.1) is 0 Å². The second kappa shape index (κ2) is 4.19. The quantitative estimate of drug-likeness (QED) is 0.750. The Morgan fingerprint density at radius 1 is 1.12 bits per heavy atom. The van der Waals surface area contributed by atoms with Gasteiger partial charge in [0.05, 0.1) is 11.4 Å². The molecule has 1 aliphatic carbocycles. The predicted octanol–water partition coefficient (Wildman–Crippen LogP) is 3.71. The molecule has 88 valence electrons. The van der Waals surface area contributed by atoms with E-state index in [-0.39, 0.29) is 0 Å². The van der Waals surface area contributed by atoms with Gasteiger partial charge in [-0.3, -0.25) is 0 Å². The number of benzene rings is 1. The minimum atomic E-state index is 0.767. The van der Waals surface area contributed by atoms with Crippen molar-refractivity contribution >= 4 is 11.6 Å². The molecule has 0 amide bonds. The summed E-state index contributed by atoms with van der Waals surface area (Å²) in [6, 6.07) is 7.87. The maximum absolute atomic E-state index is 5.91. The third-order valence-electron chi connectivity index (χ3n) is 3.49. The number of aryl methyl sites for hydroxylation is 1. The number of rotatable bonds is 1. The smallest absolute Gasteiger partial charge is 0.0663 e. The molecule has 1 aromatic carbocycles. The summed E-state index contributed by atoms with van der Waals surface area (Å²) in [5.41, 5.74) is 5.11. The number of nitrogens with zero attached hydrogens (tertiary/aromatic N) is 2. The van der Waals surface area contributed by atoms with Gasteiger partial charge in [-0.2, -0.15) is 5.10 Å². The standard InChI is InChI=1S/C14H15ClN2/c1-10-13-4-2-3-5-14(13)16-17(10)12-8-6-11(15)7-9-12/h6-9H,2-5H2,1H3. The zero-order valence-electron chi connectivity index (χ0n) is 9.91. The van der Waals surface area contributed by atoms with Crippen molar-refractivity contribution in [1.29, 1.82) is 0 Å². The van der Waals surface area contributed by atoms with Crippen LogP contribution in [0.15, 0.2) is 24.3 Å². The first-order chi connectivity index (χ1) is 8.25. The highest BCUT2D eigenvalue weighted by Gasteiger charge is 2.18. The van der Waals surface area contributed by atoms with E-state index in [1.165, 1.54) is 36.2 Å². The molecule has 1 aliphatic rings. The maximum Gasteiger partial charge on any atom is 0.0663 e. The van der Waals surface area contributed by atoms with E-state index in [9.17, 15) is 0 Å². The van der Waals surface area contributed by atoms with Crippen LogP contribution in [-0.4, -0.2) is 9.78 Å². The van der Waals surface area contributed by atoms with Crippen molar-refractivity contribution in [2.45, 2.75) is 32.6 Å². The first kappa shape index (κ1) is 10.8. The Kier molecular flexibility index (Phi) is 2.67. The van der Waals surface area contributed by atoms with Crippen molar-refractivity contribution in [1.82, 2.24) is 9.78 Å². The third-order valence-corrected chi connectivity index (χ3v) is 3.74. The fourth-order valence-electron chi connectivity index (χ4n) is 2.55. The van der Waals surface area contributed by atoms with Crippen LogP contribution in [0, 0.1) is 6.92 Å². The van der Waals surface area contributed by atoms with Gasteiger partial charge >= 0.3 is 0 Å². The number of hydrogen-bond acceptors (Lipinski definition) is 1. The molecule has 0 bridgehead atoms. The van der Waals surface area contributed by atoms with Crippen LogP contribution in [0.4, 0.5) is 0 Å². The van der Waals surface area contributed by atoms with Crippen LogP contribution in [0.3, 0.4) is 0 Å². The molecule has 0 saturated carbocycles. The summed E-state index contributed by atoms with van der Waals surface area (Å²) >= 11 is 5.91. The molecule has 2 aromatic rings. The van der Waals surface area contributed by atoms with Gasteiger partial charge in [-0.05, 0) is 62.4 Å². The molecule has 2 nitrogen and oxygen atoms in total. The highest BCUT2D eigenvalue weighted by molar-refractivity contribution is 6.30. The van der Waals surface area contributed by atoms with Crippen molar-refractivity contribution in [3.63, 3.8) is 0 Å². The summed E-state index contributed by atoms with van der Waals surface area (Å²) in [6.07, 6.45) is 4.86. The summed E-state index contributed by atoms with van der Waals surface area (Å²) in [5, 5.41) is 5.49. The lowest BCUT2D eigenvalue weighted by molar-refractivity contribution is 0.671. The summed E-state index contributed by atoms with van der Waals surface area (Å²) in [4.78, 5) is 0. The molecule has 0 spiro atoms. The molecule has 17 heavy (non-hydrogen) atoms. The van der Waals surface area contributed by atoms with Gasteiger partial charge in [0.2, 0.25) is 0 Å². The van der Waals surface area contributed by atoms with Crippen LogP contribution in [0.2, 0.25) is 5.02 Å². The summed E-state index contributed by atoms with van der Waals surface area (Å²) in [6.45, 7) is 2.16. The van der Waals surface area contributed by atoms with Crippen LogP contribution in [0.25, 0.3) is 5.69 Å². The molecule has 0 unspecified atom stereocenters. The minimum absolute atomic E-state index is 0.767. The van der Waals surface area contributed by atoms with Crippen LogP contribution in [0.1, 0.15) is 29.8 Å². The number of halogens is 1. The lowest BCUT2D eigenvalue weighted by Crippen LogP contribution is -2.00. The fourth-order valence-corrected chi connectivity index (χ4v) is 2.67. The Hall–Kier alpha value is -1.28. The van der Waals surface area contributed by atoms with Crippen LogP contribution < -0.4 is 0 Å². The van der Waals surface area contributed by atoms with Gasteiger partial charge in [0.1, 0.15) is 0 Å². The summed E-state index contributed by atoms with van der Waals surface area (Å²) in [7, 11) is 0. The molecule has 1 aromatic heterocycles. The first-order valence-corrected chi connectivity index (χ1v) is 6.47. The molecule has 3 heteroatoms. The van der Waals surface area contributed by atoms with Crippen LogP contribution in [0.5, 0.6) is 0 Å². The number of hydrogen-bond donors (Lipinski definition) is 0. The third kappa shape index (κ3) is 1.87. The Balaban J connectivity index is 2.09. The van der Waals surface area contributed by atoms with E-state index in [0.717, 1.165) is 17.1 Å². The molecule has 0 radical (unpaired) electrons. The van der Waals surface area contributed by atoms with E-state index in [0.29, 0.717) is 0 Å². The second-order valence-corrected chi connectivity index (χ2v) is 5.04. The van der Waals surface area contributed by atoms with Crippen molar-refractivity contribution in [3.05, 3.63) is 46.2 Å². The Labute approximate surface area is 106 Å². The largest absolute Gasteiger partial charge is 0.238 e. The zero-order chi connectivity index (χ0) is 11.8. The maximum atomic E-state index is 5.91. The molecular formula is C14H15ClN2. The van der Waals surface area contributed by atoms with E-state index in [1.54, 1.807) is 0 Å². The second-order valence-electron chi connectivity index (χ2n) is 4.61. The van der Waals surface area contributed by atoms with Gasteiger partial charge in [-0.25, -0.2) is 4.68 Å². The summed E-state index contributed by atoms with van der Waals surface area (Å²) < 4.78 is 2.05. The molecule has 3 rings (SSSR count). The molecule has 0 atom stereocenters. The monoisotopic (exact) mass is 246 g/mol. The van der Waals surface area contributed by atoms with E-state index in [4.69, 9.17) is 16.7 Å². The van der Waals surface area contributed by atoms with Crippen LogP contribution in [-0.2, 0) is 12.8 Å². The Morgan fingerprint density at radius 2 is 1.82 bits per heavy atom. The molecule has 0 saturated heterocycles. The average molecular weight is 247 g/mol. The normalized spacial score (nSPS) is 14.7. The van der Waals surface area contributed by atoms with Gasteiger partial charge in [0.25, 0.3) is 0 Å². The SMILES string of the molecule is Cc1c2c(nn1-c1ccc(Cl)cc1)CCCC2. The highest BCUT2D eigenvalue weighted by atomic mass is 35.5. The van der Waals surface area contributed by atoms with Crippen molar-refractivity contribution < 1.29 is 0 Å².